The van der Waals surface area contributed by atoms with Crippen molar-refractivity contribution in [1.82, 2.24) is 9.97 Å². The molecule has 0 spiro atoms. The molecule has 0 aliphatic heterocycles. The number of methoxy groups -OCH3 is 2. The first-order chi connectivity index (χ1) is 10.0. The Morgan fingerprint density at radius 3 is 2.48 bits per heavy atom. The molecule has 21 heavy (non-hydrogen) atoms. The summed E-state index contributed by atoms with van der Waals surface area (Å²) in [7, 11) is 3.23. The van der Waals surface area contributed by atoms with E-state index in [0.29, 0.717) is 29.0 Å². The van der Waals surface area contributed by atoms with Crippen molar-refractivity contribution in [2.75, 3.05) is 19.5 Å². The molecule has 0 fully saturated rings. The first-order valence-electron chi connectivity index (χ1n) is 6.50. The van der Waals surface area contributed by atoms with Gasteiger partial charge in [-0.15, -0.1) is 0 Å². The van der Waals surface area contributed by atoms with E-state index in [2.05, 4.69) is 15.3 Å². The number of anilines is 1. The van der Waals surface area contributed by atoms with E-state index in [9.17, 15) is 0 Å². The van der Waals surface area contributed by atoms with Crippen LogP contribution in [0.3, 0.4) is 0 Å². The van der Waals surface area contributed by atoms with Crippen LogP contribution in [0.1, 0.15) is 17.0 Å². The highest BCUT2D eigenvalue weighted by Crippen LogP contribution is 2.28. The van der Waals surface area contributed by atoms with E-state index in [0.717, 1.165) is 16.9 Å². The Bertz CT molecular complexity index is 647. The van der Waals surface area contributed by atoms with Crippen LogP contribution in [0.25, 0.3) is 0 Å². The molecule has 1 N–H and O–H groups in total. The molecule has 0 saturated carbocycles. The van der Waals surface area contributed by atoms with Crippen LogP contribution in [0.5, 0.6) is 11.5 Å². The van der Waals surface area contributed by atoms with E-state index in [-0.39, 0.29) is 0 Å². The minimum Gasteiger partial charge on any atom is -0.493 e. The summed E-state index contributed by atoms with van der Waals surface area (Å²) in [4.78, 5) is 8.48. The van der Waals surface area contributed by atoms with Crippen LogP contribution in [0.15, 0.2) is 18.2 Å². The lowest BCUT2D eigenvalue weighted by molar-refractivity contribution is 0.354. The third kappa shape index (κ3) is 3.55. The normalized spacial score (nSPS) is 10.3. The van der Waals surface area contributed by atoms with E-state index in [1.54, 1.807) is 14.2 Å². The van der Waals surface area contributed by atoms with Gasteiger partial charge in [0.05, 0.1) is 14.2 Å². The van der Waals surface area contributed by atoms with Gasteiger partial charge < -0.3 is 14.8 Å². The lowest BCUT2D eigenvalue weighted by Gasteiger charge is -2.12. The van der Waals surface area contributed by atoms with E-state index in [1.807, 2.05) is 32.0 Å². The number of hydrogen-bond acceptors (Lipinski definition) is 5. The molecular weight excluding hydrogens is 290 g/mol. The first kappa shape index (κ1) is 15.4. The van der Waals surface area contributed by atoms with Crippen LogP contribution >= 0.6 is 11.6 Å². The summed E-state index contributed by atoms with van der Waals surface area (Å²) in [6, 6.07) is 5.77. The number of hydrogen-bond donors (Lipinski definition) is 1. The van der Waals surface area contributed by atoms with Crippen LogP contribution < -0.4 is 14.8 Å². The lowest BCUT2D eigenvalue weighted by Crippen LogP contribution is -2.06. The van der Waals surface area contributed by atoms with Crippen LogP contribution in [-0.4, -0.2) is 24.2 Å². The number of rotatable bonds is 5. The first-order valence-corrected chi connectivity index (χ1v) is 6.88. The van der Waals surface area contributed by atoms with Crippen molar-refractivity contribution in [2.24, 2.45) is 0 Å². The van der Waals surface area contributed by atoms with E-state index in [1.165, 1.54) is 0 Å². The van der Waals surface area contributed by atoms with Gasteiger partial charge in [-0.05, 0) is 31.5 Å². The van der Waals surface area contributed by atoms with Crippen molar-refractivity contribution in [2.45, 2.75) is 20.4 Å². The summed E-state index contributed by atoms with van der Waals surface area (Å²) >= 11 is 6.06. The van der Waals surface area contributed by atoms with E-state index in [4.69, 9.17) is 21.1 Å². The highest BCUT2D eigenvalue weighted by atomic mass is 35.5. The van der Waals surface area contributed by atoms with Gasteiger partial charge in [0, 0.05) is 12.1 Å². The van der Waals surface area contributed by atoms with Crippen molar-refractivity contribution in [3.8, 4) is 11.5 Å². The zero-order chi connectivity index (χ0) is 15.4. The highest BCUT2D eigenvalue weighted by Gasteiger charge is 2.08. The second kappa shape index (κ2) is 6.63. The molecule has 1 aromatic heterocycles. The monoisotopic (exact) mass is 307 g/mol. The van der Waals surface area contributed by atoms with Crippen LogP contribution in [-0.2, 0) is 6.54 Å². The molecular formula is C15H18ClN3O2. The molecule has 0 bridgehead atoms. The molecule has 0 radical (unpaired) electrons. The number of nitrogens with zero attached hydrogens (tertiary/aromatic N) is 2. The molecule has 1 aromatic carbocycles. The summed E-state index contributed by atoms with van der Waals surface area (Å²) in [5, 5.41) is 3.74. The zero-order valence-corrected chi connectivity index (χ0v) is 13.3. The van der Waals surface area contributed by atoms with Gasteiger partial charge in [-0.25, -0.2) is 9.97 Å². The number of ether oxygens (including phenoxy) is 2. The fourth-order valence-corrected chi connectivity index (χ4v) is 2.15. The van der Waals surface area contributed by atoms with Gasteiger partial charge in [0.15, 0.2) is 11.5 Å². The van der Waals surface area contributed by atoms with Gasteiger partial charge in [0.25, 0.3) is 0 Å². The Kier molecular flexibility index (Phi) is 4.85. The molecule has 2 rings (SSSR count). The van der Waals surface area contributed by atoms with E-state index < -0.39 is 0 Å². The Balaban J connectivity index is 2.17. The second-order valence-electron chi connectivity index (χ2n) is 4.58. The number of aromatic nitrogens is 2. The Labute approximate surface area is 129 Å². The minimum atomic E-state index is 0.470. The number of nitrogens with one attached hydrogen (secondary N) is 1. The number of halogens is 1. The van der Waals surface area contributed by atoms with Gasteiger partial charge in [0.1, 0.15) is 16.8 Å². The maximum absolute atomic E-state index is 6.06. The summed E-state index contributed by atoms with van der Waals surface area (Å²) in [5.41, 5.74) is 1.89. The average Bonchev–Trinajstić information content (AvgIpc) is 2.49. The maximum Gasteiger partial charge on any atom is 0.161 e. The van der Waals surface area contributed by atoms with Crippen LogP contribution in [0.2, 0.25) is 5.15 Å². The predicted octanol–water partition coefficient (Wildman–Crippen LogP) is 3.38. The SMILES string of the molecule is COc1ccc(CNc2nc(C)nc(Cl)c2C)cc1OC. The molecule has 5 nitrogen and oxygen atoms in total. The molecule has 0 atom stereocenters. The molecule has 6 heteroatoms. The number of aryl methyl sites for hydroxylation is 1. The molecule has 0 unspecified atom stereocenters. The van der Waals surface area contributed by atoms with Crippen molar-refractivity contribution < 1.29 is 9.47 Å². The summed E-state index contributed by atoms with van der Waals surface area (Å²) < 4.78 is 10.5. The van der Waals surface area contributed by atoms with Crippen molar-refractivity contribution in [1.29, 1.82) is 0 Å². The fourth-order valence-electron chi connectivity index (χ4n) is 1.94. The molecule has 0 saturated heterocycles. The molecule has 1 heterocycles. The van der Waals surface area contributed by atoms with Gasteiger partial charge in [-0.1, -0.05) is 17.7 Å². The number of benzene rings is 1. The third-order valence-corrected chi connectivity index (χ3v) is 3.47. The maximum atomic E-state index is 6.06. The van der Waals surface area contributed by atoms with Gasteiger partial charge in [-0.2, -0.15) is 0 Å². The quantitative estimate of drug-likeness (QED) is 0.858. The van der Waals surface area contributed by atoms with Crippen molar-refractivity contribution in [3.63, 3.8) is 0 Å². The largest absolute Gasteiger partial charge is 0.493 e. The Morgan fingerprint density at radius 1 is 1.10 bits per heavy atom. The topological polar surface area (TPSA) is 56.3 Å². The summed E-state index contributed by atoms with van der Waals surface area (Å²) in [6.07, 6.45) is 0. The second-order valence-corrected chi connectivity index (χ2v) is 4.94. The highest BCUT2D eigenvalue weighted by molar-refractivity contribution is 6.30. The van der Waals surface area contributed by atoms with Gasteiger partial charge in [0.2, 0.25) is 0 Å². The fraction of sp³-hybridized carbons (Fsp3) is 0.333. The van der Waals surface area contributed by atoms with E-state index >= 15 is 0 Å². The Hall–Kier alpha value is -2.01. The Morgan fingerprint density at radius 2 is 1.81 bits per heavy atom. The molecule has 0 aliphatic rings. The predicted molar refractivity (Wildman–Crippen MR) is 83.4 cm³/mol. The zero-order valence-electron chi connectivity index (χ0n) is 12.5. The van der Waals surface area contributed by atoms with Gasteiger partial charge in [-0.3, -0.25) is 0 Å². The molecule has 112 valence electrons. The van der Waals surface area contributed by atoms with Crippen LogP contribution in [0.4, 0.5) is 5.82 Å². The molecule has 0 aliphatic carbocycles. The standard InChI is InChI=1S/C15H18ClN3O2/c1-9-14(16)18-10(2)19-15(9)17-8-11-5-6-12(20-3)13(7-11)21-4/h5-7H,8H2,1-4H3,(H,17,18,19). The minimum absolute atomic E-state index is 0.470. The van der Waals surface area contributed by atoms with Crippen molar-refractivity contribution in [3.05, 3.63) is 40.3 Å². The van der Waals surface area contributed by atoms with Gasteiger partial charge >= 0.3 is 0 Å². The summed E-state index contributed by atoms with van der Waals surface area (Å²) in [5.74, 6) is 2.78. The van der Waals surface area contributed by atoms with Crippen molar-refractivity contribution >= 4 is 17.4 Å². The lowest BCUT2D eigenvalue weighted by atomic mass is 10.2. The third-order valence-electron chi connectivity index (χ3n) is 3.11. The average molecular weight is 308 g/mol. The van der Waals surface area contributed by atoms with Crippen LogP contribution in [0, 0.1) is 13.8 Å². The smallest absolute Gasteiger partial charge is 0.161 e. The molecule has 0 amide bonds. The molecule has 2 aromatic rings. The summed E-state index contributed by atoms with van der Waals surface area (Å²) in [6.45, 7) is 4.31.